The van der Waals surface area contributed by atoms with E-state index >= 15 is 0 Å². The summed E-state index contributed by atoms with van der Waals surface area (Å²) >= 11 is 1.70. The Morgan fingerprint density at radius 2 is 2.14 bits per heavy atom. The molecular weight excluding hydrogens is 375 g/mol. The molecule has 0 unspecified atom stereocenters. The van der Waals surface area contributed by atoms with Crippen LogP contribution < -0.4 is 5.32 Å². The zero-order chi connectivity index (χ0) is 19.3. The zero-order valence-corrected chi connectivity index (χ0v) is 16.5. The molecule has 0 radical (unpaired) electrons. The van der Waals surface area contributed by atoms with Crippen molar-refractivity contribution in [2.24, 2.45) is 0 Å². The summed E-state index contributed by atoms with van der Waals surface area (Å²) in [6, 6.07) is 8.74. The molecule has 7 heteroatoms. The second-order valence-corrected chi connectivity index (χ2v) is 8.11. The van der Waals surface area contributed by atoms with Crippen LogP contribution in [0.3, 0.4) is 0 Å². The first-order valence-electron chi connectivity index (χ1n) is 9.75. The van der Waals surface area contributed by atoms with E-state index in [4.69, 9.17) is 0 Å². The Labute approximate surface area is 167 Å². The van der Waals surface area contributed by atoms with Gasteiger partial charge in [0.1, 0.15) is 11.6 Å². The largest absolute Gasteiger partial charge is 0.326 e. The van der Waals surface area contributed by atoms with Crippen LogP contribution >= 0.6 is 11.3 Å². The number of hydrogen-bond acceptors (Lipinski definition) is 4. The highest BCUT2D eigenvalue weighted by Crippen LogP contribution is 2.27. The molecule has 4 rings (SSSR count). The summed E-state index contributed by atoms with van der Waals surface area (Å²) in [5.74, 6) is 1.04. The van der Waals surface area contributed by atoms with Gasteiger partial charge in [-0.15, -0.1) is 21.5 Å². The second kappa shape index (κ2) is 8.65. The standard InChI is InChI=1S/C21H23FN4OS/c22-18-11-10-15(23-20(27)9-4-6-16-7-5-13-28-16)14-17(18)21-25-24-19-8-2-1-3-12-26(19)21/h5,7,10-11,13-14H,1-4,6,8-9,12H2,(H,23,27). The topological polar surface area (TPSA) is 59.8 Å². The number of aryl methyl sites for hydroxylation is 2. The third kappa shape index (κ3) is 4.30. The number of anilines is 1. The van der Waals surface area contributed by atoms with Gasteiger partial charge in [0.05, 0.1) is 5.56 Å². The number of hydrogen-bond donors (Lipinski definition) is 1. The van der Waals surface area contributed by atoms with Gasteiger partial charge in [0, 0.05) is 30.0 Å². The first-order chi connectivity index (χ1) is 13.7. The summed E-state index contributed by atoms with van der Waals surface area (Å²) in [6.07, 6.45) is 6.26. The molecule has 0 saturated carbocycles. The van der Waals surface area contributed by atoms with Gasteiger partial charge >= 0.3 is 0 Å². The highest BCUT2D eigenvalue weighted by Gasteiger charge is 2.19. The molecule has 0 spiro atoms. The van der Waals surface area contributed by atoms with E-state index in [0.29, 0.717) is 23.5 Å². The number of nitrogens with one attached hydrogen (secondary N) is 1. The summed E-state index contributed by atoms with van der Waals surface area (Å²) in [5.41, 5.74) is 0.973. The van der Waals surface area contributed by atoms with Gasteiger partial charge in [0.15, 0.2) is 5.82 Å². The van der Waals surface area contributed by atoms with Crippen LogP contribution in [0.15, 0.2) is 35.7 Å². The number of halogens is 1. The van der Waals surface area contributed by atoms with Gasteiger partial charge in [0.25, 0.3) is 0 Å². The predicted molar refractivity (Wildman–Crippen MR) is 109 cm³/mol. The van der Waals surface area contributed by atoms with Crippen LogP contribution in [0.2, 0.25) is 0 Å². The molecule has 0 bridgehead atoms. The molecule has 5 nitrogen and oxygen atoms in total. The van der Waals surface area contributed by atoms with E-state index in [9.17, 15) is 9.18 Å². The number of carbonyl (C=O) groups is 1. The lowest BCUT2D eigenvalue weighted by Crippen LogP contribution is -2.12. The predicted octanol–water partition coefficient (Wildman–Crippen LogP) is 4.83. The molecule has 146 valence electrons. The summed E-state index contributed by atoms with van der Waals surface area (Å²) in [5, 5.41) is 13.4. The Hall–Kier alpha value is -2.54. The number of rotatable bonds is 6. The summed E-state index contributed by atoms with van der Waals surface area (Å²) in [7, 11) is 0. The van der Waals surface area contributed by atoms with E-state index < -0.39 is 0 Å². The van der Waals surface area contributed by atoms with Crippen LogP contribution in [0.5, 0.6) is 0 Å². The SMILES string of the molecule is O=C(CCCc1cccs1)Nc1ccc(F)c(-c2nnc3n2CCCCC3)c1. The zero-order valence-electron chi connectivity index (χ0n) is 15.7. The minimum atomic E-state index is -0.352. The highest BCUT2D eigenvalue weighted by atomic mass is 32.1. The fourth-order valence-corrected chi connectivity index (χ4v) is 4.31. The summed E-state index contributed by atoms with van der Waals surface area (Å²) in [6.45, 7) is 0.802. The van der Waals surface area contributed by atoms with E-state index in [2.05, 4.69) is 21.6 Å². The van der Waals surface area contributed by atoms with Crippen LogP contribution in [0, 0.1) is 5.82 Å². The van der Waals surface area contributed by atoms with Gasteiger partial charge < -0.3 is 9.88 Å². The van der Waals surface area contributed by atoms with E-state index in [1.165, 1.54) is 10.9 Å². The van der Waals surface area contributed by atoms with Gasteiger partial charge in [-0.05, 0) is 55.3 Å². The molecule has 2 aromatic heterocycles. The van der Waals surface area contributed by atoms with E-state index in [0.717, 1.165) is 50.9 Å². The minimum absolute atomic E-state index is 0.0609. The van der Waals surface area contributed by atoms with Crippen molar-refractivity contribution in [2.45, 2.75) is 51.5 Å². The Kier molecular flexibility index (Phi) is 5.81. The molecule has 1 aromatic carbocycles. The normalized spacial score (nSPS) is 13.8. The third-order valence-corrected chi connectivity index (χ3v) is 5.94. The molecule has 0 aliphatic carbocycles. The molecule has 3 heterocycles. The van der Waals surface area contributed by atoms with E-state index in [1.807, 2.05) is 16.0 Å². The van der Waals surface area contributed by atoms with Crippen molar-refractivity contribution >= 4 is 22.9 Å². The average Bonchev–Trinajstić information content (AvgIpc) is 3.28. The lowest BCUT2D eigenvalue weighted by Gasteiger charge is -2.10. The van der Waals surface area contributed by atoms with Crippen LogP contribution in [0.25, 0.3) is 11.4 Å². The van der Waals surface area contributed by atoms with Gasteiger partial charge in [-0.25, -0.2) is 4.39 Å². The maximum atomic E-state index is 14.5. The van der Waals surface area contributed by atoms with E-state index in [1.54, 1.807) is 23.5 Å². The number of thiophene rings is 1. The molecule has 1 aliphatic heterocycles. The quantitative estimate of drug-likeness (QED) is 0.647. The smallest absolute Gasteiger partial charge is 0.224 e. The maximum absolute atomic E-state index is 14.5. The van der Waals surface area contributed by atoms with Crippen molar-refractivity contribution in [3.8, 4) is 11.4 Å². The van der Waals surface area contributed by atoms with Gasteiger partial charge in [0.2, 0.25) is 5.91 Å². The van der Waals surface area contributed by atoms with Crippen LogP contribution in [0.4, 0.5) is 10.1 Å². The van der Waals surface area contributed by atoms with Crippen molar-refractivity contribution in [1.82, 2.24) is 14.8 Å². The molecule has 0 atom stereocenters. The number of fused-ring (bicyclic) bond motifs is 1. The van der Waals surface area contributed by atoms with Crippen molar-refractivity contribution in [3.05, 3.63) is 52.2 Å². The molecule has 3 aromatic rings. The Morgan fingerprint density at radius 1 is 1.21 bits per heavy atom. The molecule has 0 fully saturated rings. The maximum Gasteiger partial charge on any atom is 0.224 e. The Balaban J connectivity index is 1.45. The fraction of sp³-hybridized carbons (Fsp3) is 0.381. The van der Waals surface area contributed by atoms with Crippen LogP contribution in [0.1, 0.15) is 42.8 Å². The third-order valence-electron chi connectivity index (χ3n) is 5.01. The van der Waals surface area contributed by atoms with Gasteiger partial charge in [-0.1, -0.05) is 12.5 Å². The van der Waals surface area contributed by atoms with Crippen molar-refractivity contribution < 1.29 is 9.18 Å². The monoisotopic (exact) mass is 398 g/mol. The number of carbonyl (C=O) groups excluding carboxylic acids is 1. The Bertz CT molecular complexity index is 951. The fourth-order valence-electron chi connectivity index (χ4n) is 3.56. The lowest BCUT2D eigenvalue weighted by molar-refractivity contribution is -0.116. The summed E-state index contributed by atoms with van der Waals surface area (Å²) < 4.78 is 16.5. The van der Waals surface area contributed by atoms with Gasteiger partial charge in [-0.3, -0.25) is 4.79 Å². The number of nitrogens with zero attached hydrogens (tertiary/aromatic N) is 3. The van der Waals surface area contributed by atoms with Crippen LogP contribution in [-0.4, -0.2) is 20.7 Å². The first kappa shape index (κ1) is 18.8. The molecular formula is C21H23FN4OS. The lowest BCUT2D eigenvalue weighted by atomic mass is 10.1. The van der Waals surface area contributed by atoms with Gasteiger partial charge in [-0.2, -0.15) is 0 Å². The Morgan fingerprint density at radius 3 is 3.00 bits per heavy atom. The molecule has 1 aliphatic rings. The number of amides is 1. The van der Waals surface area contributed by atoms with E-state index in [-0.39, 0.29) is 11.7 Å². The van der Waals surface area contributed by atoms with Crippen molar-refractivity contribution in [3.63, 3.8) is 0 Å². The first-order valence-corrected chi connectivity index (χ1v) is 10.6. The highest BCUT2D eigenvalue weighted by molar-refractivity contribution is 7.09. The molecule has 1 N–H and O–H groups in total. The number of aromatic nitrogens is 3. The van der Waals surface area contributed by atoms with Crippen LogP contribution in [-0.2, 0) is 24.2 Å². The van der Waals surface area contributed by atoms with Crippen molar-refractivity contribution in [1.29, 1.82) is 0 Å². The summed E-state index contributed by atoms with van der Waals surface area (Å²) in [4.78, 5) is 13.5. The molecule has 0 saturated heterocycles. The molecule has 28 heavy (non-hydrogen) atoms. The number of benzene rings is 1. The minimum Gasteiger partial charge on any atom is -0.326 e. The average molecular weight is 399 g/mol. The molecule has 1 amide bonds. The second-order valence-electron chi connectivity index (χ2n) is 7.08. The van der Waals surface area contributed by atoms with Crippen molar-refractivity contribution in [2.75, 3.05) is 5.32 Å².